The molecule has 5 heterocycles. The van der Waals surface area contributed by atoms with Crippen molar-refractivity contribution in [1.29, 1.82) is 0 Å². The Morgan fingerprint density at radius 1 is 1.05 bits per heavy atom. The Morgan fingerprint density at radius 2 is 1.83 bits per heavy atom. The monoisotopic (exact) mass is 560 g/mol. The maximum Gasteiger partial charge on any atom is 0.225 e. The van der Waals surface area contributed by atoms with Gasteiger partial charge < -0.3 is 14.8 Å². The van der Waals surface area contributed by atoms with Crippen molar-refractivity contribution in [3.63, 3.8) is 0 Å². The van der Waals surface area contributed by atoms with Gasteiger partial charge in [-0.25, -0.2) is 23.1 Å². The zero-order valence-corrected chi connectivity index (χ0v) is 22.4. The summed E-state index contributed by atoms with van der Waals surface area (Å²) < 4.78 is 58.0. The molecule has 0 radical (unpaired) electrons. The number of morpholine rings is 1. The predicted molar refractivity (Wildman–Crippen MR) is 149 cm³/mol. The number of methoxy groups -OCH3 is 1. The van der Waals surface area contributed by atoms with Gasteiger partial charge in [-0.2, -0.15) is 0 Å². The number of halogens is 3. The summed E-state index contributed by atoms with van der Waals surface area (Å²) in [5.74, 6) is -3.69. The van der Waals surface area contributed by atoms with Gasteiger partial charge >= 0.3 is 0 Å². The van der Waals surface area contributed by atoms with Gasteiger partial charge in [0, 0.05) is 62.0 Å². The third-order valence-corrected chi connectivity index (χ3v) is 7.42. The quantitative estimate of drug-likeness (QED) is 0.326. The summed E-state index contributed by atoms with van der Waals surface area (Å²) in [6.45, 7) is 3.18. The summed E-state index contributed by atoms with van der Waals surface area (Å²) in [5.41, 5.74) is 1.03. The number of nitrogens with one attached hydrogen (secondary N) is 1. The molecule has 0 saturated carbocycles. The van der Waals surface area contributed by atoms with Crippen LogP contribution in [0.5, 0.6) is 0 Å². The van der Waals surface area contributed by atoms with Crippen LogP contribution < -0.4 is 5.32 Å². The van der Waals surface area contributed by atoms with E-state index in [9.17, 15) is 4.39 Å². The zero-order valence-electron chi connectivity index (χ0n) is 22.4. The van der Waals surface area contributed by atoms with Crippen LogP contribution >= 0.6 is 0 Å². The minimum Gasteiger partial charge on any atom is -0.379 e. The number of hydrogen-bond donors (Lipinski definition) is 1. The van der Waals surface area contributed by atoms with Crippen LogP contribution in [0.2, 0.25) is 0 Å². The molecule has 1 fully saturated rings. The molecule has 8 nitrogen and oxygen atoms in total. The lowest BCUT2D eigenvalue weighted by molar-refractivity contribution is -0.0340. The van der Waals surface area contributed by atoms with Crippen molar-refractivity contribution in [2.75, 3.05) is 38.7 Å². The highest BCUT2D eigenvalue weighted by Crippen LogP contribution is 2.43. The maximum absolute atomic E-state index is 16.7. The fourth-order valence-electron chi connectivity index (χ4n) is 5.33. The molecule has 1 aromatic carbocycles. The molecule has 2 aliphatic rings. The van der Waals surface area contributed by atoms with Gasteiger partial charge in [0.2, 0.25) is 11.5 Å². The lowest BCUT2D eigenvalue weighted by atomic mass is 9.93. The second kappa shape index (κ2) is 10.7. The van der Waals surface area contributed by atoms with E-state index in [1.165, 1.54) is 19.4 Å². The number of ether oxygens (including phenoxy) is 2. The third kappa shape index (κ3) is 4.75. The molecule has 210 valence electrons. The number of alkyl halides is 1. The number of dihydropyridines is 1. The highest BCUT2D eigenvalue weighted by Gasteiger charge is 2.46. The Balaban J connectivity index is 1.59. The number of anilines is 1. The molecule has 0 bridgehead atoms. The van der Waals surface area contributed by atoms with Crippen molar-refractivity contribution in [3.8, 4) is 11.4 Å². The minimum atomic E-state index is -2.09. The highest BCUT2D eigenvalue weighted by atomic mass is 19.1. The molecule has 41 heavy (non-hydrogen) atoms. The van der Waals surface area contributed by atoms with Gasteiger partial charge in [0.15, 0.2) is 0 Å². The van der Waals surface area contributed by atoms with E-state index in [0.29, 0.717) is 48.8 Å². The van der Waals surface area contributed by atoms with Crippen LogP contribution in [0, 0.1) is 18.6 Å². The average Bonchev–Trinajstić information content (AvgIpc) is 3.00. The Labute approximate surface area is 234 Å². The first-order valence-electron chi connectivity index (χ1n) is 13.1. The molecule has 4 aromatic rings. The number of benzene rings is 1. The van der Waals surface area contributed by atoms with Crippen molar-refractivity contribution in [3.05, 3.63) is 95.6 Å². The molecule has 2 unspecified atom stereocenters. The first-order valence-corrected chi connectivity index (χ1v) is 13.1. The van der Waals surface area contributed by atoms with Crippen LogP contribution in [0.15, 0.2) is 77.8 Å². The Morgan fingerprint density at radius 3 is 2.54 bits per heavy atom. The molecule has 11 heteroatoms. The normalized spacial score (nSPS) is 23.0. The topological polar surface area (TPSA) is 84.8 Å². The molecule has 2 aliphatic heterocycles. The molecule has 0 amide bonds. The summed E-state index contributed by atoms with van der Waals surface area (Å²) in [5, 5.41) is 3.31. The van der Waals surface area contributed by atoms with Gasteiger partial charge in [0.25, 0.3) is 0 Å². The van der Waals surface area contributed by atoms with Crippen LogP contribution in [0.25, 0.3) is 22.3 Å². The van der Waals surface area contributed by atoms with Gasteiger partial charge in [0.05, 0.1) is 53.1 Å². The molecule has 0 spiro atoms. The smallest absolute Gasteiger partial charge is 0.225 e. The summed E-state index contributed by atoms with van der Waals surface area (Å²) >= 11 is 0. The fraction of sp³-hybridized carbons (Fsp3) is 0.267. The van der Waals surface area contributed by atoms with E-state index in [4.69, 9.17) is 9.47 Å². The second-order valence-electron chi connectivity index (χ2n) is 9.81. The lowest BCUT2D eigenvalue weighted by Crippen LogP contribution is -2.54. The Bertz CT molecular complexity index is 1650. The van der Waals surface area contributed by atoms with E-state index in [2.05, 4.69) is 25.3 Å². The van der Waals surface area contributed by atoms with Crippen molar-refractivity contribution in [2.24, 2.45) is 4.99 Å². The summed E-state index contributed by atoms with van der Waals surface area (Å²) in [6.07, 6.45) is 7.38. The van der Waals surface area contributed by atoms with E-state index in [0.717, 1.165) is 12.1 Å². The zero-order chi connectivity index (χ0) is 28.6. The number of aromatic nitrogens is 3. The lowest BCUT2D eigenvalue weighted by Gasteiger charge is -2.42. The summed E-state index contributed by atoms with van der Waals surface area (Å²) in [4.78, 5) is 19.3. The molecule has 0 aliphatic carbocycles. The van der Waals surface area contributed by atoms with E-state index < -0.39 is 23.2 Å². The predicted octanol–water partition coefficient (Wildman–Crippen LogP) is 5.16. The third-order valence-electron chi connectivity index (χ3n) is 7.42. The molecule has 1 saturated heterocycles. The summed E-state index contributed by atoms with van der Waals surface area (Å²) in [7, 11) is 1.46. The van der Waals surface area contributed by atoms with Gasteiger partial charge in [-0.05, 0) is 37.3 Å². The summed E-state index contributed by atoms with van der Waals surface area (Å²) in [6, 6.07) is 10.7. The minimum absolute atomic E-state index is 0.0367. The van der Waals surface area contributed by atoms with E-state index >= 15 is 8.78 Å². The van der Waals surface area contributed by atoms with Gasteiger partial charge in [-0.1, -0.05) is 6.07 Å². The number of hydrogen-bond acceptors (Lipinski definition) is 8. The maximum atomic E-state index is 16.7. The van der Waals surface area contributed by atoms with Crippen molar-refractivity contribution in [2.45, 2.75) is 18.4 Å². The molecular formula is C30H27F3N6O2. The highest BCUT2D eigenvalue weighted by molar-refractivity contribution is 5.97. The van der Waals surface area contributed by atoms with Crippen molar-refractivity contribution >= 4 is 22.8 Å². The van der Waals surface area contributed by atoms with Crippen LogP contribution in [-0.2, 0) is 15.2 Å². The van der Waals surface area contributed by atoms with Gasteiger partial charge in [-0.3, -0.25) is 14.9 Å². The second-order valence-corrected chi connectivity index (χ2v) is 9.81. The van der Waals surface area contributed by atoms with E-state index in [-0.39, 0.29) is 22.3 Å². The van der Waals surface area contributed by atoms with Crippen LogP contribution in [-0.4, -0.2) is 65.3 Å². The largest absolute Gasteiger partial charge is 0.379 e. The van der Waals surface area contributed by atoms with Crippen LogP contribution in [0.3, 0.4) is 0 Å². The van der Waals surface area contributed by atoms with Crippen LogP contribution in [0.1, 0.15) is 11.1 Å². The Kier molecular flexibility index (Phi) is 7.02. The average molecular weight is 561 g/mol. The first kappa shape index (κ1) is 27.0. The fourth-order valence-corrected chi connectivity index (χ4v) is 5.33. The van der Waals surface area contributed by atoms with Crippen molar-refractivity contribution < 1.29 is 22.6 Å². The van der Waals surface area contributed by atoms with Crippen LogP contribution in [0.4, 0.5) is 18.9 Å². The number of pyridine rings is 3. The molecule has 3 aromatic heterocycles. The van der Waals surface area contributed by atoms with E-state index in [1.54, 1.807) is 60.7 Å². The number of nitrogens with zero attached hydrogens (tertiary/aromatic N) is 5. The SMILES string of the molecule is COC1(c2ccncc2)N=CC(F)(N2CCOCC2)C=C1Nc1c(C)c(-c2ccccn2)nc2cc(F)cc(F)c12. The molecule has 2 atom stereocenters. The van der Waals surface area contributed by atoms with Gasteiger partial charge in [0.1, 0.15) is 11.6 Å². The van der Waals surface area contributed by atoms with E-state index in [1.807, 2.05) is 0 Å². The first-order chi connectivity index (χ1) is 19.8. The number of aliphatic imine (C=N–C) groups is 1. The Hall–Kier alpha value is -4.19. The molecule has 6 rings (SSSR count). The van der Waals surface area contributed by atoms with Crippen molar-refractivity contribution in [1.82, 2.24) is 19.9 Å². The standard InChI is InChI=1S/C30H27F3N6O2/c1-19-27(23-5-3-4-8-35-23)37-24-16-21(31)15-22(32)26(24)28(19)38-25-17-29(33,39-11-13-41-14-12-39)18-36-30(25,40-2)20-6-9-34-10-7-20/h3-10,15-18H,11-14H2,1-2H3,(H,37,38). The number of fused-ring (bicyclic) bond motifs is 1. The van der Waals surface area contributed by atoms with Gasteiger partial charge in [-0.15, -0.1) is 0 Å². The number of rotatable bonds is 6. The molecular weight excluding hydrogens is 533 g/mol. The molecule has 1 N–H and O–H groups in total.